The van der Waals surface area contributed by atoms with Crippen LogP contribution in [-0.4, -0.2) is 50.3 Å². The summed E-state index contributed by atoms with van der Waals surface area (Å²) in [5.74, 6) is 0. The molecule has 0 aromatic heterocycles. The molecule has 0 unspecified atom stereocenters. The van der Waals surface area contributed by atoms with Gasteiger partial charge in [-0.2, -0.15) is 0 Å². The van der Waals surface area contributed by atoms with Crippen LogP contribution >= 0.6 is 0 Å². The highest BCUT2D eigenvalue weighted by Crippen LogP contribution is 2.24. The molecule has 0 aliphatic heterocycles. The van der Waals surface area contributed by atoms with E-state index in [1.54, 1.807) is 0 Å². The molecule has 0 aromatic rings. The fourth-order valence-electron chi connectivity index (χ4n) is 1.44. The molecular weight excluding hydrogens is 176 g/mol. The van der Waals surface area contributed by atoms with Crippen LogP contribution in [0.15, 0.2) is 0 Å². The normalized spacial score (nSPS) is 12.4. The van der Waals surface area contributed by atoms with E-state index in [4.69, 9.17) is 0 Å². The van der Waals surface area contributed by atoms with E-state index < -0.39 is 0 Å². The van der Waals surface area contributed by atoms with E-state index in [1.165, 1.54) is 0 Å². The Hall–Kier alpha value is -0.120. The van der Waals surface area contributed by atoms with Crippen LogP contribution in [0.3, 0.4) is 0 Å². The average Bonchev–Trinajstić information content (AvgIpc) is 2.19. The van der Waals surface area contributed by atoms with E-state index in [1.807, 2.05) is 0 Å². The average molecular weight is 202 g/mol. The Morgan fingerprint density at radius 3 is 2.14 bits per heavy atom. The smallest absolute Gasteiger partial charge is 0.0499 e. The first-order valence-electron chi connectivity index (χ1n) is 5.56. The lowest BCUT2D eigenvalue weighted by atomic mass is 9.83. The minimum absolute atomic E-state index is 0.0896. The molecule has 86 valence electrons. The molecule has 0 aliphatic carbocycles. The van der Waals surface area contributed by atoms with Crippen LogP contribution in [-0.2, 0) is 0 Å². The lowest BCUT2D eigenvalue weighted by Gasteiger charge is -2.29. The standard InChI is InChI=1S/C11H26N2O/c1-5-11(6-2,10-14)9-12-7-8-13(3)4/h12,14H,5-10H2,1-4H3. The third-order valence-corrected chi connectivity index (χ3v) is 3.07. The SMILES string of the molecule is CCC(CC)(CO)CNCCN(C)C. The Labute approximate surface area is 88.5 Å². The number of rotatable bonds is 8. The van der Waals surface area contributed by atoms with Gasteiger partial charge < -0.3 is 15.3 Å². The molecule has 0 heterocycles. The molecule has 0 fully saturated rings. The van der Waals surface area contributed by atoms with Gasteiger partial charge in [0.15, 0.2) is 0 Å². The number of likely N-dealkylation sites (N-methyl/N-ethyl adjacent to an activating group) is 1. The van der Waals surface area contributed by atoms with Crippen molar-refractivity contribution in [2.24, 2.45) is 5.41 Å². The Bertz CT molecular complexity index is 125. The zero-order chi connectivity index (χ0) is 11.0. The van der Waals surface area contributed by atoms with Crippen LogP contribution in [0.4, 0.5) is 0 Å². The summed E-state index contributed by atoms with van der Waals surface area (Å²) in [6, 6.07) is 0. The van der Waals surface area contributed by atoms with Crippen molar-refractivity contribution in [1.29, 1.82) is 0 Å². The predicted octanol–water partition coefficient (Wildman–Crippen LogP) is 0.936. The van der Waals surface area contributed by atoms with Crippen molar-refractivity contribution in [2.75, 3.05) is 40.3 Å². The summed E-state index contributed by atoms with van der Waals surface area (Å²) in [7, 11) is 4.14. The highest BCUT2D eigenvalue weighted by Gasteiger charge is 2.24. The highest BCUT2D eigenvalue weighted by molar-refractivity contribution is 4.78. The Kier molecular flexibility index (Phi) is 7.15. The van der Waals surface area contributed by atoms with Crippen molar-refractivity contribution in [1.82, 2.24) is 10.2 Å². The molecule has 0 aromatic carbocycles. The van der Waals surface area contributed by atoms with E-state index in [-0.39, 0.29) is 12.0 Å². The second-order valence-corrected chi connectivity index (χ2v) is 4.35. The van der Waals surface area contributed by atoms with Crippen LogP contribution in [0.25, 0.3) is 0 Å². The largest absolute Gasteiger partial charge is 0.396 e. The van der Waals surface area contributed by atoms with E-state index in [2.05, 4.69) is 38.2 Å². The molecule has 0 spiro atoms. The Morgan fingerprint density at radius 1 is 1.21 bits per heavy atom. The van der Waals surface area contributed by atoms with Gasteiger partial charge in [-0.25, -0.2) is 0 Å². The van der Waals surface area contributed by atoms with Gasteiger partial charge in [0.25, 0.3) is 0 Å². The summed E-state index contributed by atoms with van der Waals surface area (Å²) < 4.78 is 0. The molecule has 0 bridgehead atoms. The van der Waals surface area contributed by atoms with Crippen molar-refractivity contribution < 1.29 is 5.11 Å². The van der Waals surface area contributed by atoms with Crippen molar-refractivity contribution in [3.05, 3.63) is 0 Å². The van der Waals surface area contributed by atoms with Crippen molar-refractivity contribution in [3.8, 4) is 0 Å². The fourth-order valence-corrected chi connectivity index (χ4v) is 1.44. The minimum atomic E-state index is 0.0896. The van der Waals surface area contributed by atoms with Gasteiger partial charge in [-0.1, -0.05) is 13.8 Å². The van der Waals surface area contributed by atoms with Crippen molar-refractivity contribution in [2.45, 2.75) is 26.7 Å². The summed E-state index contributed by atoms with van der Waals surface area (Å²) >= 11 is 0. The summed E-state index contributed by atoms with van der Waals surface area (Å²) in [6.07, 6.45) is 2.07. The topological polar surface area (TPSA) is 35.5 Å². The highest BCUT2D eigenvalue weighted by atomic mass is 16.3. The molecule has 0 saturated heterocycles. The predicted molar refractivity (Wildman–Crippen MR) is 61.5 cm³/mol. The van der Waals surface area contributed by atoms with Crippen LogP contribution < -0.4 is 5.32 Å². The van der Waals surface area contributed by atoms with E-state index in [0.29, 0.717) is 0 Å². The van der Waals surface area contributed by atoms with E-state index >= 15 is 0 Å². The molecule has 3 heteroatoms. The summed E-state index contributed by atoms with van der Waals surface area (Å²) in [5.41, 5.74) is 0.0896. The molecule has 0 amide bonds. The number of aliphatic hydroxyl groups is 1. The molecule has 2 N–H and O–H groups in total. The van der Waals surface area contributed by atoms with E-state index in [9.17, 15) is 5.11 Å². The first kappa shape index (κ1) is 13.9. The van der Waals surface area contributed by atoms with Crippen LogP contribution in [0, 0.1) is 5.41 Å². The Balaban J connectivity index is 3.71. The molecular formula is C11H26N2O. The number of hydrogen-bond acceptors (Lipinski definition) is 3. The lowest BCUT2D eigenvalue weighted by Crippen LogP contribution is -2.39. The van der Waals surface area contributed by atoms with Gasteiger partial charge in [-0.15, -0.1) is 0 Å². The van der Waals surface area contributed by atoms with Crippen molar-refractivity contribution in [3.63, 3.8) is 0 Å². The maximum absolute atomic E-state index is 9.33. The number of nitrogens with zero attached hydrogens (tertiary/aromatic N) is 1. The fraction of sp³-hybridized carbons (Fsp3) is 1.00. The number of aliphatic hydroxyl groups excluding tert-OH is 1. The van der Waals surface area contributed by atoms with Gasteiger partial charge in [-0.3, -0.25) is 0 Å². The van der Waals surface area contributed by atoms with Gasteiger partial charge in [0, 0.05) is 31.7 Å². The Morgan fingerprint density at radius 2 is 1.79 bits per heavy atom. The van der Waals surface area contributed by atoms with Crippen LogP contribution in [0.2, 0.25) is 0 Å². The minimum Gasteiger partial charge on any atom is -0.396 e. The summed E-state index contributed by atoms with van der Waals surface area (Å²) in [5, 5.41) is 12.7. The zero-order valence-corrected chi connectivity index (χ0v) is 10.1. The van der Waals surface area contributed by atoms with Crippen molar-refractivity contribution >= 4 is 0 Å². The molecule has 0 saturated carbocycles. The summed E-state index contributed by atoms with van der Waals surface area (Å²) in [4.78, 5) is 2.16. The molecule has 0 atom stereocenters. The molecule has 0 rings (SSSR count). The number of hydrogen-bond donors (Lipinski definition) is 2. The van der Waals surface area contributed by atoms with Gasteiger partial charge in [0.05, 0.1) is 0 Å². The maximum Gasteiger partial charge on any atom is 0.0499 e. The van der Waals surface area contributed by atoms with E-state index in [0.717, 1.165) is 32.5 Å². The first-order chi connectivity index (χ1) is 6.60. The van der Waals surface area contributed by atoms with Crippen LogP contribution in [0.1, 0.15) is 26.7 Å². The molecule has 14 heavy (non-hydrogen) atoms. The first-order valence-corrected chi connectivity index (χ1v) is 5.56. The second-order valence-electron chi connectivity index (χ2n) is 4.35. The second kappa shape index (κ2) is 7.21. The molecule has 0 aliphatic rings. The van der Waals surface area contributed by atoms with Crippen LogP contribution in [0.5, 0.6) is 0 Å². The van der Waals surface area contributed by atoms with Gasteiger partial charge in [-0.05, 0) is 26.9 Å². The summed E-state index contributed by atoms with van der Waals surface area (Å²) in [6.45, 7) is 7.55. The maximum atomic E-state index is 9.33. The van der Waals surface area contributed by atoms with Gasteiger partial charge >= 0.3 is 0 Å². The number of nitrogens with one attached hydrogen (secondary N) is 1. The zero-order valence-electron chi connectivity index (χ0n) is 10.1. The molecule has 3 nitrogen and oxygen atoms in total. The lowest BCUT2D eigenvalue weighted by molar-refractivity contribution is 0.113. The molecule has 0 radical (unpaired) electrons. The quantitative estimate of drug-likeness (QED) is 0.575. The monoisotopic (exact) mass is 202 g/mol. The van der Waals surface area contributed by atoms with Gasteiger partial charge in [0.1, 0.15) is 0 Å². The van der Waals surface area contributed by atoms with Gasteiger partial charge in [0.2, 0.25) is 0 Å². The third-order valence-electron chi connectivity index (χ3n) is 3.07. The third kappa shape index (κ3) is 4.94.